The van der Waals surface area contributed by atoms with Crippen molar-refractivity contribution in [1.82, 2.24) is 15.0 Å². The highest BCUT2D eigenvalue weighted by atomic mass is 19.1. The van der Waals surface area contributed by atoms with Gasteiger partial charge in [-0.05, 0) is 61.4 Å². The van der Waals surface area contributed by atoms with Crippen LogP contribution in [0.4, 0.5) is 4.39 Å². The molecule has 0 N–H and O–H groups in total. The van der Waals surface area contributed by atoms with Crippen LogP contribution in [-0.4, -0.2) is 34.6 Å². The SMILES string of the molecule is COc1ccc(C(=O)N2CCCC2c2nc(-c3ccc(F)cc3)no2)cc1. The quantitative estimate of drug-likeness (QED) is 0.700. The molecule has 1 fully saturated rings. The number of rotatable bonds is 4. The molecule has 0 radical (unpaired) electrons. The molecule has 138 valence electrons. The van der Waals surface area contributed by atoms with Gasteiger partial charge in [0.2, 0.25) is 11.7 Å². The molecule has 1 aliphatic rings. The van der Waals surface area contributed by atoms with Crippen LogP contribution in [-0.2, 0) is 0 Å². The molecular formula is C20H18FN3O3. The number of amides is 1. The topological polar surface area (TPSA) is 68.5 Å². The van der Waals surface area contributed by atoms with Crippen molar-refractivity contribution in [2.24, 2.45) is 0 Å². The van der Waals surface area contributed by atoms with Gasteiger partial charge in [0.25, 0.3) is 5.91 Å². The average molecular weight is 367 g/mol. The molecule has 0 spiro atoms. The summed E-state index contributed by atoms with van der Waals surface area (Å²) in [6, 6.07) is 12.6. The lowest BCUT2D eigenvalue weighted by Gasteiger charge is -2.22. The number of nitrogens with zero attached hydrogens (tertiary/aromatic N) is 3. The number of hydrogen-bond donors (Lipinski definition) is 0. The zero-order valence-electron chi connectivity index (χ0n) is 14.8. The van der Waals surface area contributed by atoms with Gasteiger partial charge in [-0.1, -0.05) is 5.16 Å². The van der Waals surface area contributed by atoms with Crippen LogP contribution in [0.2, 0.25) is 0 Å². The van der Waals surface area contributed by atoms with Gasteiger partial charge in [-0.15, -0.1) is 0 Å². The van der Waals surface area contributed by atoms with Crippen molar-refractivity contribution in [3.63, 3.8) is 0 Å². The molecule has 3 aromatic rings. The Labute approximate surface area is 155 Å². The van der Waals surface area contributed by atoms with Crippen molar-refractivity contribution in [2.75, 3.05) is 13.7 Å². The Hall–Kier alpha value is -3.22. The van der Waals surface area contributed by atoms with Gasteiger partial charge in [-0.25, -0.2) is 4.39 Å². The van der Waals surface area contributed by atoms with Gasteiger partial charge >= 0.3 is 0 Å². The Morgan fingerprint density at radius 2 is 1.93 bits per heavy atom. The van der Waals surface area contributed by atoms with E-state index in [1.54, 1.807) is 48.4 Å². The fourth-order valence-electron chi connectivity index (χ4n) is 3.25. The van der Waals surface area contributed by atoms with E-state index in [1.165, 1.54) is 12.1 Å². The molecule has 7 heteroatoms. The van der Waals surface area contributed by atoms with E-state index in [2.05, 4.69) is 10.1 Å². The molecule has 1 atom stereocenters. The molecule has 27 heavy (non-hydrogen) atoms. The molecule has 1 saturated heterocycles. The molecule has 1 amide bonds. The fraction of sp³-hybridized carbons (Fsp3) is 0.250. The van der Waals surface area contributed by atoms with E-state index in [1.807, 2.05) is 0 Å². The second kappa shape index (κ2) is 7.19. The number of aromatic nitrogens is 2. The summed E-state index contributed by atoms with van der Waals surface area (Å²) in [7, 11) is 1.58. The third kappa shape index (κ3) is 3.40. The average Bonchev–Trinajstić information content (AvgIpc) is 3.37. The minimum Gasteiger partial charge on any atom is -0.497 e. The minimum atomic E-state index is -0.325. The number of hydrogen-bond acceptors (Lipinski definition) is 5. The molecule has 0 aliphatic carbocycles. The molecule has 2 aromatic carbocycles. The second-order valence-corrected chi connectivity index (χ2v) is 6.35. The van der Waals surface area contributed by atoms with Crippen molar-refractivity contribution in [3.8, 4) is 17.1 Å². The van der Waals surface area contributed by atoms with Crippen molar-refractivity contribution < 1.29 is 18.4 Å². The van der Waals surface area contributed by atoms with Gasteiger partial charge in [-0.3, -0.25) is 4.79 Å². The van der Waals surface area contributed by atoms with Crippen molar-refractivity contribution in [2.45, 2.75) is 18.9 Å². The van der Waals surface area contributed by atoms with Crippen LogP contribution in [0.25, 0.3) is 11.4 Å². The Morgan fingerprint density at radius 3 is 2.63 bits per heavy atom. The molecule has 4 rings (SSSR count). The van der Waals surface area contributed by atoms with E-state index in [-0.39, 0.29) is 17.8 Å². The summed E-state index contributed by atoms with van der Waals surface area (Å²) in [5.74, 6) is 1.07. The molecule has 1 aliphatic heterocycles. The highest BCUT2D eigenvalue weighted by molar-refractivity contribution is 5.94. The standard InChI is InChI=1S/C20H18FN3O3/c1-26-16-10-6-14(7-11-16)20(25)24-12-2-3-17(24)19-22-18(23-27-19)13-4-8-15(21)9-5-13/h4-11,17H,2-3,12H2,1H3. The van der Waals surface area contributed by atoms with Crippen LogP contribution in [0.5, 0.6) is 5.75 Å². The van der Waals surface area contributed by atoms with Gasteiger partial charge in [0.1, 0.15) is 17.6 Å². The van der Waals surface area contributed by atoms with E-state index in [0.717, 1.165) is 12.8 Å². The predicted octanol–water partition coefficient (Wildman–Crippen LogP) is 3.86. The molecule has 0 saturated carbocycles. The predicted molar refractivity (Wildman–Crippen MR) is 95.7 cm³/mol. The van der Waals surface area contributed by atoms with E-state index < -0.39 is 0 Å². The summed E-state index contributed by atoms with van der Waals surface area (Å²) in [5, 5.41) is 3.99. The maximum absolute atomic E-state index is 13.1. The molecule has 1 unspecified atom stereocenters. The first kappa shape index (κ1) is 17.2. The van der Waals surface area contributed by atoms with Crippen LogP contribution in [0.1, 0.15) is 35.1 Å². The van der Waals surface area contributed by atoms with E-state index in [0.29, 0.717) is 35.1 Å². The van der Waals surface area contributed by atoms with Crippen molar-refractivity contribution in [3.05, 3.63) is 65.8 Å². The maximum Gasteiger partial charge on any atom is 0.254 e. The Bertz CT molecular complexity index is 938. The number of carbonyl (C=O) groups is 1. The van der Waals surface area contributed by atoms with Gasteiger partial charge in [0, 0.05) is 17.7 Å². The number of likely N-dealkylation sites (tertiary alicyclic amines) is 1. The van der Waals surface area contributed by atoms with Gasteiger partial charge in [-0.2, -0.15) is 4.98 Å². The van der Waals surface area contributed by atoms with Gasteiger partial charge in [0.05, 0.1) is 7.11 Å². The van der Waals surface area contributed by atoms with Crippen LogP contribution >= 0.6 is 0 Å². The van der Waals surface area contributed by atoms with E-state index in [4.69, 9.17) is 9.26 Å². The summed E-state index contributed by atoms with van der Waals surface area (Å²) >= 11 is 0. The van der Waals surface area contributed by atoms with Crippen molar-refractivity contribution >= 4 is 5.91 Å². The van der Waals surface area contributed by atoms with Crippen LogP contribution in [0.3, 0.4) is 0 Å². The summed E-state index contributed by atoms with van der Waals surface area (Å²) in [4.78, 5) is 19.1. The number of halogens is 1. The summed E-state index contributed by atoms with van der Waals surface area (Å²) in [6.07, 6.45) is 1.62. The Kier molecular flexibility index (Phi) is 4.58. The lowest BCUT2D eigenvalue weighted by molar-refractivity contribution is 0.0710. The molecule has 6 nitrogen and oxygen atoms in total. The monoisotopic (exact) mass is 367 g/mol. The Balaban J connectivity index is 1.56. The maximum atomic E-state index is 13.1. The Morgan fingerprint density at radius 1 is 1.19 bits per heavy atom. The molecule has 1 aromatic heterocycles. The highest BCUT2D eigenvalue weighted by Gasteiger charge is 2.34. The lowest BCUT2D eigenvalue weighted by atomic mass is 10.1. The fourth-order valence-corrected chi connectivity index (χ4v) is 3.25. The third-order valence-electron chi connectivity index (χ3n) is 4.68. The first-order valence-electron chi connectivity index (χ1n) is 8.70. The zero-order valence-corrected chi connectivity index (χ0v) is 14.8. The first-order valence-corrected chi connectivity index (χ1v) is 8.70. The normalized spacial score (nSPS) is 16.5. The van der Waals surface area contributed by atoms with Gasteiger partial charge < -0.3 is 14.2 Å². The molecular weight excluding hydrogens is 349 g/mol. The summed E-state index contributed by atoms with van der Waals surface area (Å²) < 4.78 is 23.6. The number of ether oxygens (including phenoxy) is 1. The second-order valence-electron chi connectivity index (χ2n) is 6.35. The van der Waals surface area contributed by atoms with Gasteiger partial charge in [0.15, 0.2) is 0 Å². The third-order valence-corrected chi connectivity index (χ3v) is 4.68. The summed E-state index contributed by atoms with van der Waals surface area (Å²) in [6.45, 7) is 0.629. The lowest BCUT2D eigenvalue weighted by Crippen LogP contribution is -2.30. The molecule has 2 heterocycles. The number of benzene rings is 2. The minimum absolute atomic E-state index is 0.0818. The van der Waals surface area contributed by atoms with Crippen LogP contribution in [0, 0.1) is 5.82 Å². The first-order chi connectivity index (χ1) is 13.2. The van der Waals surface area contributed by atoms with Crippen LogP contribution in [0.15, 0.2) is 53.1 Å². The van der Waals surface area contributed by atoms with Crippen molar-refractivity contribution in [1.29, 1.82) is 0 Å². The summed E-state index contributed by atoms with van der Waals surface area (Å²) in [5.41, 5.74) is 1.25. The zero-order chi connectivity index (χ0) is 18.8. The van der Waals surface area contributed by atoms with E-state index >= 15 is 0 Å². The largest absolute Gasteiger partial charge is 0.497 e. The highest BCUT2D eigenvalue weighted by Crippen LogP contribution is 2.33. The number of carbonyl (C=O) groups excluding carboxylic acids is 1. The van der Waals surface area contributed by atoms with Crippen LogP contribution < -0.4 is 4.74 Å². The molecule has 0 bridgehead atoms. The van der Waals surface area contributed by atoms with E-state index in [9.17, 15) is 9.18 Å². The number of methoxy groups -OCH3 is 1. The smallest absolute Gasteiger partial charge is 0.254 e.